The summed E-state index contributed by atoms with van der Waals surface area (Å²) in [6.07, 6.45) is 4.30. The Bertz CT molecular complexity index is 571. The zero-order valence-corrected chi connectivity index (χ0v) is 14.8. The molecular weight excluding hydrogens is 310 g/mol. The van der Waals surface area contributed by atoms with E-state index < -0.39 is 5.79 Å². The van der Waals surface area contributed by atoms with Crippen molar-refractivity contribution in [1.29, 1.82) is 0 Å². The largest absolute Gasteiger partial charge is 0.350 e. The monoisotopic (exact) mass is 335 g/mol. The Morgan fingerprint density at radius 2 is 1.83 bits per heavy atom. The van der Waals surface area contributed by atoms with E-state index in [1.165, 1.54) is 4.88 Å². The second-order valence-corrected chi connectivity index (χ2v) is 8.85. The maximum atomic E-state index is 13.3. The van der Waals surface area contributed by atoms with Gasteiger partial charge in [-0.05, 0) is 38.1 Å². The van der Waals surface area contributed by atoms with E-state index in [0.29, 0.717) is 19.1 Å². The normalized spacial score (nSPS) is 27.8. The molecule has 1 saturated carbocycles. The first kappa shape index (κ1) is 15.6. The molecule has 0 atom stereocenters. The van der Waals surface area contributed by atoms with Gasteiger partial charge in [-0.25, -0.2) is 0 Å². The molecule has 0 aromatic carbocycles. The number of rotatable bonds is 2. The van der Waals surface area contributed by atoms with Gasteiger partial charge < -0.3 is 14.4 Å². The predicted molar refractivity (Wildman–Crippen MR) is 89.5 cm³/mol. The maximum Gasteiger partial charge on any atom is 0.234 e. The van der Waals surface area contributed by atoms with Crippen LogP contribution in [0.4, 0.5) is 0 Å². The Labute approximate surface area is 141 Å². The molecule has 5 heteroatoms. The van der Waals surface area contributed by atoms with Gasteiger partial charge in [-0.15, -0.1) is 11.3 Å². The quantitative estimate of drug-likeness (QED) is 0.833. The lowest BCUT2D eigenvalue weighted by Crippen LogP contribution is -2.67. The summed E-state index contributed by atoms with van der Waals surface area (Å²) >= 11 is 1.73. The number of likely N-dealkylation sites (tertiary alicyclic amines) is 1. The first-order valence-electron chi connectivity index (χ1n) is 8.56. The lowest BCUT2D eigenvalue weighted by atomic mass is 9.76. The van der Waals surface area contributed by atoms with Crippen LogP contribution in [0, 0.1) is 5.41 Å². The van der Waals surface area contributed by atoms with Crippen LogP contribution in [-0.4, -0.2) is 42.9 Å². The summed E-state index contributed by atoms with van der Waals surface area (Å²) in [4.78, 5) is 16.5. The standard InChI is InChI=1S/C18H25NO3S/c1-16(2)21-12-17(13-22-16)10-19(11-17)15(20)18(7-3-4-8-18)14-6-5-9-23-14/h5-6,9H,3-4,7-8,10-13H2,1-2H3. The molecule has 1 aliphatic carbocycles. The van der Waals surface area contributed by atoms with Gasteiger partial charge in [0.25, 0.3) is 0 Å². The Hall–Kier alpha value is -0.910. The Morgan fingerprint density at radius 1 is 1.17 bits per heavy atom. The van der Waals surface area contributed by atoms with Gasteiger partial charge in [-0.1, -0.05) is 18.9 Å². The minimum absolute atomic E-state index is 0.0143. The molecule has 0 bridgehead atoms. The van der Waals surface area contributed by atoms with Crippen molar-refractivity contribution in [1.82, 2.24) is 4.90 Å². The van der Waals surface area contributed by atoms with Gasteiger partial charge in [-0.3, -0.25) is 4.79 Å². The summed E-state index contributed by atoms with van der Waals surface area (Å²) in [6.45, 7) is 6.83. The number of carbonyl (C=O) groups excluding carboxylic acids is 1. The number of thiophene rings is 1. The average Bonchev–Trinajstić information content (AvgIpc) is 3.16. The molecule has 2 aliphatic heterocycles. The molecule has 23 heavy (non-hydrogen) atoms. The zero-order valence-electron chi connectivity index (χ0n) is 14.0. The van der Waals surface area contributed by atoms with E-state index in [0.717, 1.165) is 38.8 Å². The fourth-order valence-electron chi connectivity index (χ4n) is 4.22. The van der Waals surface area contributed by atoms with Crippen LogP contribution in [-0.2, 0) is 19.7 Å². The second kappa shape index (κ2) is 5.30. The van der Waals surface area contributed by atoms with Crippen molar-refractivity contribution in [3.63, 3.8) is 0 Å². The van der Waals surface area contributed by atoms with Gasteiger partial charge in [-0.2, -0.15) is 0 Å². The van der Waals surface area contributed by atoms with Crippen LogP contribution in [0.15, 0.2) is 17.5 Å². The summed E-state index contributed by atoms with van der Waals surface area (Å²) in [6, 6.07) is 4.20. The molecular formula is C18H25NO3S. The fraction of sp³-hybridized carbons (Fsp3) is 0.722. The number of amides is 1. The Balaban J connectivity index is 1.47. The van der Waals surface area contributed by atoms with Gasteiger partial charge in [0.2, 0.25) is 5.91 Å². The van der Waals surface area contributed by atoms with Crippen molar-refractivity contribution in [2.45, 2.75) is 50.7 Å². The van der Waals surface area contributed by atoms with Crippen LogP contribution in [0.25, 0.3) is 0 Å². The highest BCUT2D eigenvalue weighted by Crippen LogP contribution is 2.47. The highest BCUT2D eigenvalue weighted by molar-refractivity contribution is 7.10. The average molecular weight is 335 g/mol. The van der Waals surface area contributed by atoms with E-state index in [1.807, 2.05) is 18.7 Å². The molecule has 3 fully saturated rings. The van der Waals surface area contributed by atoms with Crippen molar-refractivity contribution >= 4 is 17.2 Å². The van der Waals surface area contributed by atoms with Gasteiger partial charge in [0.15, 0.2) is 5.79 Å². The molecule has 4 rings (SSSR count). The summed E-state index contributed by atoms with van der Waals surface area (Å²) in [5.41, 5.74) is -0.244. The molecule has 126 valence electrons. The van der Waals surface area contributed by atoms with Crippen LogP contribution in [0.3, 0.4) is 0 Å². The number of hydrogen-bond acceptors (Lipinski definition) is 4. The summed E-state index contributed by atoms with van der Waals surface area (Å²) in [7, 11) is 0. The highest BCUT2D eigenvalue weighted by Gasteiger charge is 2.54. The molecule has 0 unspecified atom stereocenters. The Morgan fingerprint density at radius 3 is 2.39 bits per heavy atom. The van der Waals surface area contributed by atoms with Crippen LogP contribution in [0.1, 0.15) is 44.4 Å². The summed E-state index contributed by atoms with van der Waals surface area (Å²) in [5.74, 6) is -0.160. The van der Waals surface area contributed by atoms with E-state index in [9.17, 15) is 4.79 Å². The first-order chi connectivity index (χ1) is 10.9. The maximum absolute atomic E-state index is 13.3. The second-order valence-electron chi connectivity index (χ2n) is 7.90. The molecule has 1 spiro atoms. The van der Waals surface area contributed by atoms with Crippen molar-refractivity contribution < 1.29 is 14.3 Å². The first-order valence-corrected chi connectivity index (χ1v) is 9.44. The molecule has 3 aliphatic rings. The van der Waals surface area contributed by atoms with Crippen LogP contribution >= 0.6 is 11.3 Å². The fourth-order valence-corrected chi connectivity index (χ4v) is 5.20. The van der Waals surface area contributed by atoms with E-state index >= 15 is 0 Å². The lowest BCUT2D eigenvalue weighted by molar-refractivity contribution is -0.303. The van der Waals surface area contributed by atoms with Crippen LogP contribution in [0.5, 0.6) is 0 Å². The minimum Gasteiger partial charge on any atom is -0.350 e. The van der Waals surface area contributed by atoms with E-state index in [4.69, 9.17) is 9.47 Å². The van der Waals surface area contributed by atoms with E-state index in [-0.39, 0.29) is 10.8 Å². The highest BCUT2D eigenvalue weighted by atomic mass is 32.1. The predicted octanol–water partition coefficient (Wildman–Crippen LogP) is 3.17. The topological polar surface area (TPSA) is 38.8 Å². The molecule has 0 N–H and O–H groups in total. The molecule has 0 radical (unpaired) electrons. The van der Waals surface area contributed by atoms with Gasteiger partial charge in [0.1, 0.15) is 0 Å². The molecule has 1 amide bonds. The molecule has 2 saturated heterocycles. The van der Waals surface area contributed by atoms with Crippen LogP contribution in [0.2, 0.25) is 0 Å². The molecule has 1 aromatic rings. The van der Waals surface area contributed by atoms with E-state index in [1.54, 1.807) is 11.3 Å². The van der Waals surface area contributed by atoms with Gasteiger partial charge in [0.05, 0.1) is 24.0 Å². The smallest absolute Gasteiger partial charge is 0.234 e. The SMILES string of the molecule is CC1(C)OCC2(CO1)CN(C(=O)C1(c3cccs3)CCCC1)C2. The Kier molecular flexibility index (Phi) is 3.59. The summed E-state index contributed by atoms with van der Waals surface area (Å²) in [5, 5.41) is 2.09. The van der Waals surface area contributed by atoms with Crippen molar-refractivity contribution in [2.24, 2.45) is 5.41 Å². The molecule has 3 heterocycles. The van der Waals surface area contributed by atoms with Crippen molar-refractivity contribution in [2.75, 3.05) is 26.3 Å². The number of nitrogens with zero attached hydrogens (tertiary/aromatic N) is 1. The van der Waals surface area contributed by atoms with E-state index in [2.05, 4.69) is 17.5 Å². The van der Waals surface area contributed by atoms with Crippen molar-refractivity contribution in [3.8, 4) is 0 Å². The molecule has 1 aromatic heterocycles. The van der Waals surface area contributed by atoms with Gasteiger partial charge >= 0.3 is 0 Å². The third-order valence-corrected chi connectivity index (χ3v) is 6.72. The number of carbonyl (C=O) groups is 1. The number of hydrogen-bond donors (Lipinski definition) is 0. The van der Waals surface area contributed by atoms with Crippen LogP contribution < -0.4 is 0 Å². The molecule has 4 nitrogen and oxygen atoms in total. The lowest BCUT2D eigenvalue weighted by Gasteiger charge is -2.55. The number of ether oxygens (including phenoxy) is 2. The van der Waals surface area contributed by atoms with Crippen molar-refractivity contribution in [3.05, 3.63) is 22.4 Å². The minimum atomic E-state index is -0.487. The van der Waals surface area contributed by atoms with Gasteiger partial charge in [0, 0.05) is 18.0 Å². The third-order valence-electron chi connectivity index (χ3n) is 5.65. The third kappa shape index (κ3) is 2.53. The summed E-state index contributed by atoms with van der Waals surface area (Å²) < 4.78 is 11.6. The zero-order chi connectivity index (χ0) is 16.1.